The number of rotatable bonds is 4. The molecule has 0 aromatic carbocycles. The minimum atomic E-state index is -0.723. The quantitative estimate of drug-likeness (QED) is 0.504. The van der Waals surface area contributed by atoms with E-state index in [4.69, 9.17) is 4.74 Å². The molecule has 0 radical (unpaired) electrons. The van der Waals surface area contributed by atoms with Crippen LogP contribution >= 0.6 is 0 Å². The van der Waals surface area contributed by atoms with Gasteiger partial charge in [0.2, 0.25) is 0 Å². The van der Waals surface area contributed by atoms with Crippen molar-refractivity contribution in [1.29, 1.82) is 0 Å². The fourth-order valence-corrected chi connectivity index (χ4v) is 1.82. The Balaban J connectivity index is 2.42. The number of aliphatic hydroxyl groups is 1. The average Bonchev–Trinajstić information content (AvgIpc) is 2.53. The molecule has 1 N–H and O–H groups in total. The second-order valence-corrected chi connectivity index (χ2v) is 4.02. The molecule has 1 unspecified atom stereocenters. The summed E-state index contributed by atoms with van der Waals surface area (Å²) in [5, 5.41) is 9.18. The summed E-state index contributed by atoms with van der Waals surface area (Å²) >= 11 is 0. The number of ether oxygens (including phenoxy) is 1. The molecule has 0 amide bonds. The monoisotopic (exact) mass is 172 g/mol. The van der Waals surface area contributed by atoms with Gasteiger partial charge < -0.3 is 14.6 Å². The lowest BCUT2D eigenvalue weighted by atomic mass is 10.1. The van der Waals surface area contributed by atoms with Crippen molar-refractivity contribution in [2.75, 3.05) is 7.11 Å². The SMILES string of the molecule is COC(O)C[C@H]1[C@@H](C=O)C1(C)C. The van der Waals surface area contributed by atoms with Gasteiger partial charge in [-0.15, -0.1) is 0 Å². The molecule has 0 saturated heterocycles. The molecule has 1 rings (SSSR count). The molecule has 3 heteroatoms. The van der Waals surface area contributed by atoms with Crippen LogP contribution in [0.1, 0.15) is 20.3 Å². The highest BCUT2D eigenvalue weighted by Gasteiger charge is 2.57. The van der Waals surface area contributed by atoms with E-state index in [2.05, 4.69) is 0 Å². The Labute approximate surface area is 72.7 Å². The lowest BCUT2D eigenvalue weighted by molar-refractivity contribution is -0.110. The van der Waals surface area contributed by atoms with E-state index in [9.17, 15) is 9.90 Å². The maximum absolute atomic E-state index is 10.5. The number of carbonyl (C=O) groups excluding carboxylic acids is 1. The second-order valence-electron chi connectivity index (χ2n) is 4.02. The third-order valence-corrected chi connectivity index (χ3v) is 3.01. The molecule has 12 heavy (non-hydrogen) atoms. The van der Waals surface area contributed by atoms with Crippen LogP contribution in [0, 0.1) is 17.3 Å². The van der Waals surface area contributed by atoms with Crippen LogP contribution in [0.5, 0.6) is 0 Å². The molecule has 1 fully saturated rings. The maximum atomic E-state index is 10.5. The Morgan fingerprint density at radius 1 is 1.67 bits per heavy atom. The van der Waals surface area contributed by atoms with Crippen molar-refractivity contribution in [3.63, 3.8) is 0 Å². The topological polar surface area (TPSA) is 46.5 Å². The van der Waals surface area contributed by atoms with Gasteiger partial charge in [-0.25, -0.2) is 0 Å². The number of hydrogen-bond acceptors (Lipinski definition) is 3. The fraction of sp³-hybridized carbons (Fsp3) is 0.889. The van der Waals surface area contributed by atoms with Crippen LogP contribution in [0.2, 0.25) is 0 Å². The Kier molecular flexibility index (Phi) is 2.54. The first-order chi connectivity index (χ1) is 5.54. The Bertz CT molecular complexity index is 177. The van der Waals surface area contributed by atoms with E-state index in [1.807, 2.05) is 13.8 Å². The zero-order chi connectivity index (χ0) is 9.35. The Morgan fingerprint density at radius 2 is 2.25 bits per heavy atom. The van der Waals surface area contributed by atoms with Crippen molar-refractivity contribution in [3.8, 4) is 0 Å². The van der Waals surface area contributed by atoms with Gasteiger partial charge in [0.25, 0.3) is 0 Å². The second kappa shape index (κ2) is 3.15. The molecule has 70 valence electrons. The molecule has 1 aliphatic rings. The molecule has 0 aromatic rings. The van der Waals surface area contributed by atoms with Gasteiger partial charge in [0.15, 0.2) is 6.29 Å². The standard InChI is InChI=1S/C9H16O3/c1-9(2)6(7(9)5-10)4-8(11)12-3/h5-8,11H,4H2,1-3H3/t6-,7+,8?/m0/s1. The van der Waals surface area contributed by atoms with Gasteiger partial charge in [0.05, 0.1) is 0 Å². The summed E-state index contributed by atoms with van der Waals surface area (Å²) < 4.78 is 4.73. The number of hydrogen-bond donors (Lipinski definition) is 1. The molecule has 1 aliphatic carbocycles. The summed E-state index contributed by atoms with van der Waals surface area (Å²) in [7, 11) is 1.47. The van der Waals surface area contributed by atoms with Gasteiger partial charge >= 0.3 is 0 Å². The minimum Gasteiger partial charge on any atom is -0.368 e. The molecular weight excluding hydrogens is 156 g/mol. The highest BCUT2D eigenvalue weighted by Crippen LogP contribution is 2.59. The predicted molar refractivity (Wildman–Crippen MR) is 44.5 cm³/mol. The molecule has 3 atom stereocenters. The van der Waals surface area contributed by atoms with Crippen LogP contribution in [-0.4, -0.2) is 24.8 Å². The van der Waals surface area contributed by atoms with Crippen molar-refractivity contribution < 1.29 is 14.6 Å². The van der Waals surface area contributed by atoms with Gasteiger partial charge in [0, 0.05) is 19.4 Å². The summed E-state index contributed by atoms with van der Waals surface area (Å²) in [6.07, 6.45) is 0.819. The summed E-state index contributed by atoms with van der Waals surface area (Å²) in [5.74, 6) is 0.382. The highest BCUT2D eigenvalue weighted by atomic mass is 16.6. The van der Waals surface area contributed by atoms with Gasteiger partial charge in [0.1, 0.15) is 6.29 Å². The number of aliphatic hydroxyl groups excluding tert-OH is 1. The van der Waals surface area contributed by atoms with Crippen molar-refractivity contribution in [2.45, 2.75) is 26.6 Å². The molecule has 0 heterocycles. The molecule has 0 aromatic heterocycles. The largest absolute Gasteiger partial charge is 0.368 e. The lowest BCUT2D eigenvalue weighted by Crippen LogP contribution is -2.11. The van der Waals surface area contributed by atoms with E-state index in [0.717, 1.165) is 6.29 Å². The van der Waals surface area contributed by atoms with E-state index < -0.39 is 6.29 Å². The van der Waals surface area contributed by atoms with Gasteiger partial charge in [-0.3, -0.25) is 0 Å². The molecule has 3 nitrogen and oxygen atoms in total. The smallest absolute Gasteiger partial charge is 0.154 e. The normalized spacial score (nSPS) is 34.3. The van der Waals surface area contributed by atoms with E-state index >= 15 is 0 Å². The first-order valence-corrected chi connectivity index (χ1v) is 4.20. The van der Waals surface area contributed by atoms with Crippen LogP contribution in [0.4, 0.5) is 0 Å². The number of carbonyl (C=O) groups is 1. The van der Waals surface area contributed by atoms with E-state index in [1.54, 1.807) is 0 Å². The van der Waals surface area contributed by atoms with Crippen LogP contribution in [0.15, 0.2) is 0 Å². The van der Waals surface area contributed by atoms with Gasteiger partial charge in [-0.2, -0.15) is 0 Å². The Morgan fingerprint density at radius 3 is 2.58 bits per heavy atom. The molecule has 0 spiro atoms. The fourth-order valence-electron chi connectivity index (χ4n) is 1.82. The predicted octanol–water partition coefficient (Wildman–Crippen LogP) is 0.812. The van der Waals surface area contributed by atoms with Crippen molar-refractivity contribution in [2.24, 2.45) is 17.3 Å². The first kappa shape index (κ1) is 9.68. The number of methoxy groups -OCH3 is 1. The zero-order valence-electron chi connectivity index (χ0n) is 7.78. The zero-order valence-corrected chi connectivity index (χ0v) is 7.78. The summed E-state index contributed by atoms with van der Waals surface area (Å²) in [5.41, 5.74) is 0.0568. The highest BCUT2D eigenvalue weighted by molar-refractivity contribution is 5.61. The van der Waals surface area contributed by atoms with Crippen LogP contribution in [0.25, 0.3) is 0 Å². The van der Waals surface area contributed by atoms with Crippen molar-refractivity contribution in [1.82, 2.24) is 0 Å². The van der Waals surface area contributed by atoms with Gasteiger partial charge in [-0.1, -0.05) is 13.8 Å². The van der Waals surface area contributed by atoms with Crippen LogP contribution < -0.4 is 0 Å². The van der Waals surface area contributed by atoms with Crippen LogP contribution in [0.3, 0.4) is 0 Å². The molecule has 1 saturated carbocycles. The maximum Gasteiger partial charge on any atom is 0.154 e. The summed E-state index contributed by atoms with van der Waals surface area (Å²) in [6.45, 7) is 4.08. The minimum absolute atomic E-state index is 0.0568. The summed E-state index contributed by atoms with van der Waals surface area (Å²) in [4.78, 5) is 10.5. The third-order valence-electron chi connectivity index (χ3n) is 3.01. The lowest BCUT2D eigenvalue weighted by Gasteiger charge is -2.08. The first-order valence-electron chi connectivity index (χ1n) is 4.20. The van der Waals surface area contributed by atoms with Crippen molar-refractivity contribution in [3.05, 3.63) is 0 Å². The van der Waals surface area contributed by atoms with Gasteiger partial charge in [-0.05, 0) is 11.3 Å². The Hall–Kier alpha value is -0.410. The van der Waals surface area contributed by atoms with E-state index in [-0.39, 0.29) is 17.3 Å². The molecule has 0 aliphatic heterocycles. The van der Waals surface area contributed by atoms with E-state index in [1.165, 1.54) is 7.11 Å². The average molecular weight is 172 g/mol. The summed E-state index contributed by atoms with van der Waals surface area (Å²) in [6, 6.07) is 0. The van der Waals surface area contributed by atoms with Crippen LogP contribution in [-0.2, 0) is 9.53 Å². The van der Waals surface area contributed by atoms with Crippen molar-refractivity contribution >= 4 is 6.29 Å². The molecule has 0 bridgehead atoms. The third kappa shape index (κ3) is 1.52. The van der Waals surface area contributed by atoms with E-state index in [0.29, 0.717) is 6.42 Å². The number of aldehydes is 1. The molecular formula is C9H16O3.